The molecule has 0 saturated carbocycles. The Hall–Kier alpha value is -3.58. The Morgan fingerprint density at radius 1 is 1.00 bits per heavy atom. The predicted molar refractivity (Wildman–Crippen MR) is 126 cm³/mol. The van der Waals surface area contributed by atoms with Crippen molar-refractivity contribution in [1.82, 2.24) is 10.2 Å². The summed E-state index contributed by atoms with van der Waals surface area (Å²) in [5, 5.41) is 2.86. The molecule has 0 spiro atoms. The molecule has 172 valence electrons. The minimum atomic E-state index is -0.717. The molecule has 2 heterocycles. The number of likely N-dealkylation sites (N-methyl/N-ethyl adjacent to an activating group) is 1. The number of amides is 2. The molecular formula is C26H29N3O4. The molecule has 1 N–H and O–H groups in total. The van der Waals surface area contributed by atoms with Crippen LogP contribution in [0.5, 0.6) is 0 Å². The number of carbonyl (C=O) groups excluding carboxylic acids is 2. The number of hydrogen-bond donors (Lipinski definition) is 1. The zero-order chi connectivity index (χ0) is 23.0. The highest BCUT2D eigenvalue weighted by Crippen LogP contribution is 2.23. The SMILES string of the molecule is CN(Cc1ccccc1N1CCOCC1)C(=O)[C@H](Cc1ccccc1)NC(=O)c1ccco1. The molecule has 1 aliphatic rings. The Balaban J connectivity index is 1.51. The lowest BCUT2D eigenvalue weighted by Gasteiger charge is -2.32. The van der Waals surface area contributed by atoms with Gasteiger partial charge in [-0.05, 0) is 29.3 Å². The van der Waals surface area contributed by atoms with Crippen LogP contribution in [0.2, 0.25) is 0 Å². The number of nitrogens with zero attached hydrogens (tertiary/aromatic N) is 2. The first-order chi connectivity index (χ1) is 16.1. The van der Waals surface area contributed by atoms with Crippen molar-refractivity contribution in [3.63, 3.8) is 0 Å². The van der Waals surface area contributed by atoms with Crippen LogP contribution in [0.1, 0.15) is 21.7 Å². The summed E-state index contributed by atoms with van der Waals surface area (Å²) in [4.78, 5) is 30.1. The summed E-state index contributed by atoms with van der Waals surface area (Å²) in [5.74, 6) is -0.381. The fourth-order valence-corrected chi connectivity index (χ4v) is 4.04. The highest BCUT2D eigenvalue weighted by atomic mass is 16.5. The molecule has 7 heteroatoms. The van der Waals surface area contributed by atoms with Crippen LogP contribution in [0.15, 0.2) is 77.4 Å². The first-order valence-corrected chi connectivity index (χ1v) is 11.2. The molecule has 1 saturated heterocycles. The van der Waals surface area contributed by atoms with Crippen LogP contribution in [-0.4, -0.2) is 56.1 Å². The Kier molecular flexibility index (Phi) is 7.42. The molecule has 1 aromatic heterocycles. The van der Waals surface area contributed by atoms with Crippen LogP contribution in [0.25, 0.3) is 0 Å². The van der Waals surface area contributed by atoms with E-state index < -0.39 is 11.9 Å². The van der Waals surface area contributed by atoms with Crippen molar-refractivity contribution in [2.24, 2.45) is 0 Å². The highest BCUT2D eigenvalue weighted by molar-refractivity contribution is 5.95. The predicted octanol–water partition coefficient (Wildman–Crippen LogP) is 3.12. The molecule has 33 heavy (non-hydrogen) atoms. The van der Waals surface area contributed by atoms with Gasteiger partial charge in [0.05, 0.1) is 19.5 Å². The van der Waals surface area contributed by atoms with Gasteiger partial charge in [0.2, 0.25) is 5.91 Å². The van der Waals surface area contributed by atoms with E-state index in [1.807, 2.05) is 48.5 Å². The standard InChI is InChI=1S/C26H29N3O4/c1-28(19-21-10-5-6-11-23(21)29-13-16-32-17-14-29)26(31)22(18-20-8-3-2-4-9-20)27-25(30)24-12-7-15-33-24/h2-12,15,22H,13-14,16-19H2,1H3,(H,27,30)/t22-/m0/s1. The van der Waals surface area contributed by atoms with Gasteiger partial charge in [-0.3, -0.25) is 9.59 Å². The summed E-state index contributed by atoms with van der Waals surface area (Å²) in [6, 6.07) is 20.3. The molecule has 1 aliphatic heterocycles. The van der Waals surface area contributed by atoms with E-state index >= 15 is 0 Å². The third-order valence-electron chi connectivity index (χ3n) is 5.76. The van der Waals surface area contributed by atoms with Crippen molar-refractivity contribution >= 4 is 17.5 Å². The van der Waals surface area contributed by atoms with Gasteiger partial charge in [-0.25, -0.2) is 0 Å². The van der Waals surface area contributed by atoms with Crippen LogP contribution in [0, 0.1) is 0 Å². The molecule has 0 unspecified atom stereocenters. The summed E-state index contributed by atoms with van der Waals surface area (Å²) in [6.07, 6.45) is 1.83. The second kappa shape index (κ2) is 10.8. The van der Waals surface area contributed by atoms with E-state index in [4.69, 9.17) is 9.15 Å². The van der Waals surface area contributed by atoms with E-state index in [1.54, 1.807) is 24.1 Å². The highest BCUT2D eigenvalue weighted by Gasteiger charge is 2.26. The number of carbonyl (C=O) groups is 2. The van der Waals surface area contributed by atoms with E-state index in [-0.39, 0.29) is 11.7 Å². The second-order valence-electron chi connectivity index (χ2n) is 8.12. The zero-order valence-corrected chi connectivity index (χ0v) is 18.8. The van der Waals surface area contributed by atoms with Crippen LogP contribution in [-0.2, 0) is 22.5 Å². The van der Waals surface area contributed by atoms with Crippen molar-refractivity contribution in [1.29, 1.82) is 0 Å². The quantitative estimate of drug-likeness (QED) is 0.574. The molecule has 0 radical (unpaired) electrons. The minimum absolute atomic E-state index is 0.157. The molecule has 2 amide bonds. The lowest BCUT2D eigenvalue weighted by molar-refractivity contribution is -0.132. The number of anilines is 1. The van der Waals surface area contributed by atoms with E-state index in [0.717, 1.165) is 29.9 Å². The van der Waals surface area contributed by atoms with Crippen LogP contribution in [0.4, 0.5) is 5.69 Å². The van der Waals surface area contributed by atoms with Crippen molar-refractivity contribution < 1.29 is 18.7 Å². The molecule has 0 aliphatic carbocycles. The van der Waals surface area contributed by atoms with Gasteiger partial charge in [0.25, 0.3) is 5.91 Å². The Morgan fingerprint density at radius 3 is 2.45 bits per heavy atom. The normalized spacial score (nSPS) is 14.5. The van der Waals surface area contributed by atoms with Crippen molar-refractivity contribution in [3.05, 3.63) is 89.9 Å². The first kappa shape index (κ1) is 22.6. The number of nitrogens with one attached hydrogen (secondary N) is 1. The zero-order valence-electron chi connectivity index (χ0n) is 18.8. The number of hydrogen-bond acceptors (Lipinski definition) is 5. The van der Waals surface area contributed by atoms with Gasteiger partial charge in [0.15, 0.2) is 5.76 Å². The second-order valence-corrected chi connectivity index (χ2v) is 8.12. The average molecular weight is 448 g/mol. The van der Waals surface area contributed by atoms with Crippen molar-refractivity contribution in [3.8, 4) is 0 Å². The number of para-hydroxylation sites is 1. The maximum Gasteiger partial charge on any atom is 0.287 e. The van der Waals surface area contributed by atoms with E-state index in [9.17, 15) is 9.59 Å². The molecule has 1 atom stereocenters. The van der Waals surface area contributed by atoms with Crippen LogP contribution in [0.3, 0.4) is 0 Å². The number of morpholine rings is 1. The summed E-state index contributed by atoms with van der Waals surface area (Å²) < 4.78 is 10.7. The topological polar surface area (TPSA) is 75.0 Å². The van der Waals surface area contributed by atoms with Gasteiger partial charge < -0.3 is 24.3 Å². The maximum atomic E-state index is 13.5. The molecule has 4 rings (SSSR count). The van der Waals surface area contributed by atoms with E-state index in [2.05, 4.69) is 16.3 Å². The lowest BCUT2D eigenvalue weighted by atomic mass is 10.0. The van der Waals surface area contributed by atoms with Gasteiger partial charge in [0.1, 0.15) is 6.04 Å². The molecule has 3 aromatic rings. The molecule has 0 bridgehead atoms. The average Bonchev–Trinajstić information content (AvgIpc) is 3.40. The number of furan rings is 1. The summed E-state index contributed by atoms with van der Waals surface area (Å²) in [5.41, 5.74) is 3.14. The largest absolute Gasteiger partial charge is 0.459 e. The summed E-state index contributed by atoms with van der Waals surface area (Å²) >= 11 is 0. The Morgan fingerprint density at radius 2 is 1.73 bits per heavy atom. The Bertz CT molecular complexity index is 1050. The van der Waals surface area contributed by atoms with E-state index in [0.29, 0.717) is 26.2 Å². The Labute approximate surface area is 193 Å². The third-order valence-corrected chi connectivity index (χ3v) is 5.76. The molecule has 1 fully saturated rings. The number of rotatable bonds is 8. The fraction of sp³-hybridized carbons (Fsp3) is 0.308. The monoisotopic (exact) mass is 447 g/mol. The fourth-order valence-electron chi connectivity index (χ4n) is 4.04. The van der Waals surface area contributed by atoms with Gasteiger partial charge in [-0.15, -0.1) is 0 Å². The minimum Gasteiger partial charge on any atom is -0.459 e. The number of ether oxygens (including phenoxy) is 1. The van der Waals surface area contributed by atoms with Crippen molar-refractivity contribution in [2.45, 2.75) is 19.0 Å². The first-order valence-electron chi connectivity index (χ1n) is 11.2. The van der Waals surface area contributed by atoms with Crippen molar-refractivity contribution in [2.75, 3.05) is 38.3 Å². The van der Waals surface area contributed by atoms with Gasteiger partial charge in [0, 0.05) is 38.8 Å². The lowest BCUT2D eigenvalue weighted by Crippen LogP contribution is -2.48. The maximum absolute atomic E-state index is 13.5. The van der Waals surface area contributed by atoms with Crippen LogP contribution >= 0.6 is 0 Å². The molecule has 7 nitrogen and oxygen atoms in total. The number of benzene rings is 2. The van der Waals surface area contributed by atoms with Gasteiger partial charge >= 0.3 is 0 Å². The smallest absolute Gasteiger partial charge is 0.287 e. The van der Waals surface area contributed by atoms with E-state index in [1.165, 1.54) is 6.26 Å². The third kappa shape index (κ3) is 5.81. The van der Waals surface area contributed by atoms with Gasteiger partial charge in [-0.1, -0.05) is 48.5 Å². The summed E-state index contributed by atoms with van der Waals surface area (Å²) in [6.45, 7) is 3.48. The summed E-state index contributed by atoms with van der Waals surface area (Å²) in [7, 11) is 1.77. The molecule has 2 aromatic carbocycles. The van der Waals surface area contributed by atoms with Crippen LogP contribution < -0.4 is 10.2 Å². The molecular weight excluding hydrogens is 418 g/mol. The van der Waals surface area contributed by atoms with Gasteiger partial charge in [-0.2, -0.15) is 0 Å².